The first-order valence-electron chi connectivity index (χ1n) is 9.11. The minimum absolute atomic E-state index is 0.247. The van der Waals surface area contributed by atoms with Gasteiger partial charge < -0.3 is 14.5 Å². The summed E-state index contributed by atoms with van der Waals surface area (Å²) in [5.41, 5.74) is 2.39. The van der Waals surface area contributed by atoms with E-state index in [1.54, 1.807) is 18.2 Å². The van der Waals surface area contributed by atoms with E-state index in [-0.39, 0.29) is 5.91 Å². The molecule has 0 unspecified atom stereocenters. The molecule has 3 rings (SSSR count). The Kier molecular flexibility index (Phi) is 6.43. The number of nitrogens with one attached hydrogen (secondary N) is 1. The fraction of sp³-hybridized carbons (Fsp3) is 0.381. The number of hydrogen-bond donors (Lipinski definition) is 1. The first kappa shape index (κ1) is 20.2. The number of nitrogens with zero attached hydrogens (tertiary/aromatic N) is 1. The maximum Gasteiger partial charge on any atom is 0.257 e. The Bertz CT molecular complexity index is 800. The Balaban J connectivity index is 1.63. The molecule has 0 atom stereocenters. The second-order valence-electron chi connectivity index (χ2n) is 7.56. The lowest BCUT2D eigenvalue weighted by molar-refractivity contribution is -0.929. The van der Waals surface area contributed by atoms with E-state index in [2.05, 4.69) is 31.5 Å². The van der Waals surface area contributed by atoms with Gasteiger partial charge in [0.25, 0.3) is 5.91 Å². The van der Waals surface area contributed by atoms with Crippen LogP contribution in [0.2, 0.25) is 10.0 Å². The molecule has 0 spiro atoms. The summed E-state index contributed by atoms with van der Waals surface area (Å²) in [5, 5.41) is 3.73. The van der Waals surface area contributed by atoms with Gasteiger partial charge in [0, 0.05) is 29.1 Å². The standard InChI is InChI=1S/C21H24Cl2N2O2/c1-25(2,18-9-11-27-12-10-18)14-15-3-6-17(7-4-15)24-21(26)19-8-5-16(22)13-20(19)23/h3-8,13,18H,9-12,14H2,1-2H3/p+1. The van der Waals surface area contributed by atoms with E-state index in [4.69, 9.17) is 27.9 Å². The van der Waals surface area contributed by atoms with Crippen molar-refractivity contribution >= 4 is 34.8 Å². The molecule has 1 heterocycles. The average molecular weight is 408 g/mol. The Morgan fingerprint density at radius 1 is 1.11 bits per heavy atom. The minimum atomic E-state index is -0.247. The molecular weight excluding hydrogens is 383 g/mol. The normalized spacial score (nSPS) is 15.6. The molecular formula is C21H25Cl2N2O2+. The Labute approximate surface area is 170 Å². The molecule has 1 aliphatic rings. The van der Waals surface area contributed by atoms with Crippen LogP contribution in [0.3, 0.4) is 0 Å². The molecule has 27 heavy (non-hydrogen) atoms. The third-order valence-corrected chi connectivity index (χ3v) is 5.70. The van der Waals surface area contributed by atoms with Crippen LogP contribution in [-0.4, -0.2) is 43.7 Å². The molecule has 1 aliphatic heterocycles. The van der Waals surface area contributed by atoms with Gasteiger partial charge in [0.15, 0.2) is 0 Å². The van der Waals surface area contributed by atoms with Gasteiger partial charge >= 0.3 is 0 Å². The zero-order valence-corrected chi connectivity index (χ0v) is 17.2. The number of halogens is 2. The molecule has 0 aromatic heterocycles. The highest BCUT2D eigenvalue weighted by atomic mass is 35.5. The van der Waals surface area contributed by atoms with Gasteiger partial charge in [0.2, 0.25) is 0 Å². The largest absolute Gasteiger partial charge is 0.381 e. The van der Waals surface area contributed by atoms with Crippen molar-refractivity contribution in [3.63, 3.8) is 0 Å². The fourth-order valence-electron chi connectivity index (χ4n) is 3.55. The summed E-state index contributed by atoms with van der Waals surface area (Å²) < 4.78 is 6.42. The topological polar surface area (TPSA) is 38.3 Å². The predicted molar refractivity (Wildman–Crippen MR) is 111 cm³/mol. The maximum absolute atomic E-state index is 12.4. The van der Waals surface area contributed by atoms with Crippen LogP contribution < -0.4 is 5.32 Å². The third kappa shape index (κ3) is 5.23. The van der Waals surface area contributed by atoms with E-state index in [0.717, 1.165) is 42.8 Å². The summed E-state index contributed by atoms with van der Waals surface area (Å²) in [7, 11) is 4.54. The molecule has 0 radical (unpaired) electrons. The third-order valence-electron chi connectivity index (χ3n) is 5.16. The Morgan fingerprint density at radius 2 is 1.78 bits per heavy atom. The van der Waals surface area contributed by atoms with Gasteiger partial charge in [-0.25, -0.2) is 0 Å². The van der Waals surface area contributed by atoms with Gasteiger partial charge in [-0.1, -0.05) is 35.3 Å². The van der Waals surface area contributed by atoms with Crippen LogP contribution in [0.4, 0.5) is 5.69 Å². The first-order chi connectivity index (χ1) is 12.8. The minimum Gasteiger partial charge on any atom is -0.381 e. The lowest BCUT2D eigenvalue weighted by Gasteiger charge is -2.40. The van der Waals surface area contributed by atoms with E-state index in [1.165, 1.54) is 5.56 Å². The van der Waals surface area contributed by atoms with Crippen molar-refractivity contribution in [2.45, 2.75) is 25.4 Å². The van der Waals surface area contributed by atoms with Gasteiger partial charge in [-0.15, -0.1) is 0 Å². The summed E-state index contributed by atoms with van der Waals surface area (Å²) >= 11 is 12.0. The summed E-state index contributed by atoms with van der Waals surface area (Å²) in [4.78, 5) is 12.4. The zero-order chi connectivity index (χ0) is 19.4. The van der Waals surface area contributed by atoms with Crippen LogP contribution in [0, 0.1) is 0 Å². The highest BCUT2D eigenvalue weighted by Gasteiger charge is 2.30. The van der Waals surface area contributed by atoms with E-state index >= 15 is 0 Å². The summed E-state index contributed by atoms with van der Waals surface area (Å²) in [6.07, 6.45) is 2.20. The molecule has 1 fully saturated rings. The number of amides is 1. The number of rotatable bonds is 5. The van der Waals surface area contributed by atoms with Crippen molar-refractivity contribution in [1.29, 1.82) is 0 Å². The molecule has 0 saturated carbocycles. The highest BCUT2D eigenvalue weighted by molar-refractivity contribution is 6.37. The molecule has 1 amide bonds. The average Bonchev–Trinajstić information content (AvgIpc) is 2.64. The monoisotopic (exact) mass is 407 g/mol. The number of quaternary nitrogens is 1. The number of carbonyl (C=O) groups is 1. The second-order valence-corrected chi connectivity index (χ2v) is 8.40. The second kappa shape index (κ2) is 8.61. The first-order valence-corrected chi connectivity index (χ1v) is 9.86. The Morgan fingerprint density at radius 3 is 2.41 bits per heavy atom. The van der Waals surface area contributed by atoms with Crippen molar-refractivity contribution < 1.29 is 14.0 Å². The van der Waals surface area contributed by atoms with Crippen molar-refractivity contribution in [2.24, 2.45) is 0 Å². The Hall–Kier alpha value is -1.59. The molecule has 6 heteroatoms. The number of hydrogen-bond acceptors (Lipinski definition) is 2. The van der Waals surface area contributed by atoms with Crippen LogP contribution in [0.15, 0.2) is 42.5 Å². The van der Waals surface area contributed by atoms with Crippen molar-refractivity contribution in [3.8, 4) is 0 Å². The molecule has 144 valence electrons. The molecule has 0 aliphatic carbocycles. The molecule has 1 N–H and O–H groups in total. The van der Waals surface area contributed by atoms with Crippen LogP contribution in [-0.2, 0) is 11.3 Å². The van der Waals surface area contributed by atoms with Gasteiger partial charge in [-0.2, -0.15) is 0 Å². The van der Waals surface area contributed by atoms with E-state index in [9.17, 15) is 4.79 Å². The van der Waals surface area contributed by atoms with Crippen molar-refractivity contribution in [2.75, 3.05) is 32.6 Å². The van der Waals surface area contributed by atoms with Crippen LogP contribution in [0.5, 0.6) is 0 Å². The van der Waals surface area contributed by atoms with Crippen LogP contribution in [0.25, 0.3) is 0 Å². The molecule has 0 bridgehead atoms. The van der Waals surface area contributed by atoms with Gasteiger partial charge in [0.1, 0.15) is 6.54 Å². The van der Waals surface area contributed by atoms with Crippen LogP contribution in [0.1, 0.15) is 28.8 Å². The van der Waals surface area contributed by atoms with E-state index < -0.39 is 0 Å². The van der Waals surface area contributed by atoms with E-state index in [0.29, 0.717) is 21.7 Å². The van der Waals surface area contributed by atoms with Gasteiger partial charge in [0.05, 0.1) is 43.9 Å². The highest BCUT2D eigenvalue weighted by Crippen LogP contribution is 2.24. The summed E-state index contributed by atoms with van der Waals surface area (Å²) in [6.45, 7) is 2.65. The number of benzene rings is 2. The predicted octanol–water partition coefficient (Wildman–Crippen LogP) is 5.00. The van der Waals surface area contributed by atoms with Crippen molar-refractivity contribution in [1.82, 2.24) is 0 Å². The maximum atomic E-state index is 12.4. The molecule has 2 aromatic rings. The van der Waals surface area contributed by atoms with E-state index in [1.807, 2.05) is 12.1 Å². The van der Waals surface area contributed by atoms with Crippen molar-refractivity contribution in [3.05, 3.63) is 63.6 Å². The zero-order valence-electron chi connectivity index (χ0n) is 15.7. The molecule has 2 aromatic carbocycles. The molecule has 4 nitrogen and oxygen atoms in total. The number of ether oxygens (including phenoxy) is 1. The number of carbonyl (C=O) groups excluding carboxylic acids is 1. The lowest BCUT2D eigenvalue weighted by atomic mass is 10.0. The quantitative estimate of drug-likeness (QED) is 0.707. The SMILES string of the molecule is C[N+](C)(Cc1ccc(NC(=O)c2ccc(Cl)cc2Cl)cc1)C1CCOCC1. The smallest absolute Gasteiger partial charge is 0.257 e. The van der Waals surface area contributed by atoms with Gasteiger partial charge in [-0.3, -0.25) is 4.79 Å². The number of anilines is 1. The summed E-state index contributed by atoms with van der Waals surface area (Å²) in [5.74, 6) is -0.247. The van der Waals surface area contributed by atoms with Crippen LogP contribution >= 0.6 is 23.2 Å². The van der Waals surface area contributed by atoms with Gasteiger partial charge in [-0.05, 0) is 30.3 Å². The molecule has 1 saturated heterocycles. The fourth-order valence-corrected chi connectivity index (χ4v) is 4.04. The lowest BCUT2D eigenvalue weighted by Crippen LogP contribution is -2.50. The summed E-state index contributed by atoms with van der Waals surface area (Å²) in [6, 6.07) is 13.5.